The summed E-state index contributed by atoms with van der Waals surface area (Å²) in [6, 6.07) is 14.7. The minimum atomic E-state index is 0.647. The number of aromatic nitrogens is 1. The Labute approximate surface area is 156 Å². The lowest BCUT2D eigenvalue weighted by Gasteiger charge is -2.34. The molecule has 2 aromatic carbocycles. The number of anilines is 3. The van der Waals surface area contributed by atoms with E-state index in [4.69, 9.17) is 4.74 Å². The van der Waals surface area contributed by atoms with Crippen molar-refractivity contribution in [2.24, 2.45) is 0 Å². The van der Waals surface area contributed by atoms with E-state index in [1.807, 2.05) is 26.0 Å². The van der Waals surface area contributed by atoms with Crippen molar-refractivity contribution in [2.45, 2.75) is 41.5 Å². The van der Waals surface area contributed by atoms with Crippen LogP contribution in [0.1, 0.15) is 36.1 Å². The second-order valence-electron chi connectivity index (χ2n) is 6.48. The van der Waals surface area contributed by atoms with Crippen molar-refractivity contribution in [3.8, 4) is 11.6 Å². The number of pyridine rings is 1. The van der Waals surface area contributed by atoms with Crippen LogP contribution < -0.4 is 9.64 Å². The molecule has 134 valence electrons. The third-order valence-electron chi connectivity index (χ3n) is 4.41. The summed E-state index contributed by atoms with van der Waals surface area (Å²) < 4.78 is 6.03. The first-order chi connectivity index (χ1) is 12.5. The van der Waals surface area contributed by atoms with Crippen LogP contribution in [-0.2, 0) is 0 Å². The molecule has 0 N–H and O–H groups in total. The number of rotatable bonds is 1. The lowest BCUT2D eigenvalue weighted by Crippen LogP contribution is -2.18. The zero-order valence-corrected chi connectivity index (χ0v) is 16.4. The van der Waals surface area contributed by atoms with E-state index in [-0.39, 0.29) is 0 Å². The Morgan fingerprint density at radius 3 is 2.19 bits per heavy atom. The molecule has 1 aromatic heterocycles. The zero-order chi connectivity index (χ0) is 18.8. The number of nitrogens with zero attached hydrogens (tertiary/aromatic N) is 2. The first kappa shape index (κ1) is 18.0. The van der Waals surface area contributed by atoms with E-state index in [0.29, 0.717) is 5.88 Å². The maximum atomic E-state index is 6.03. The van der Waals surface area contributed by atoms with Gasteiger partial charge in [0.25, 0.3) is 0 Å². The lowest BCUT2D eigenvalue weighted by molar-refractivity contribution is 0.457. The Morgan fingerprint density at radius 1 is 0.808 bits per heavy atom. The normalized spacial score (nSPS) is 11.7. The summed E-state index contributed by atoms with van der Waals surface area (Å²) in [5.74, 6) is 1.49. The second kappa shape index (κ2) is 7.20. The molecule has 0 radical (unpaired) electrons. The molecular formula is C23H26N2O. The molecule has 1 aliphatic heterocycles. The number of fused-ring (bicyclic) bond motifs is 2. The van der Waals surface area contributed by atoms with Crippen molar-refractivity contribution in [3.05, 3.63) is 70.9 Å². The lowest BCUT2D eigenvalue weighted by atomic mass is 10.0. The minimum Gasteiger partial charge on any atom is -0.435 e. The van der Waals surface area contributed by atoms with Crippen molar-refractivity contribution in [2.75, 3.05) is 4.90 Å². The summed E-state index contributed by atoms with van der Waals surface area (Å²) >= 11 is 0. The number of hydrogen-bond donors (Lipinski definition) is 0. The van der Waals surface area contributed by atoms with Gasteiger partial charge in [0.2, 0.25) is 5.88 Å². The molecule has 2 heterocycles. The van der Waals surface area contributed by atoms with Crippen LogP contribution in [0.15, 0.2) is 48.7 Å². The van der Waals surface area contributed by atoms with E-state index in [1.54, 1.807) is 6.20 Å². The fraction of sp³-hybridized carbons (Fsp3) is 0.261. The smallest absolute Gasteiger partial charge is 0.243 e. The van der Waals surface area contributed by atoms with Crippen LogP contribution in [0.25, 0.3) is 0 Å². The number of aryl methyl sites for hydroxylation is 4. The summed E-state index contributed by atoms with van der Waals surface area (Å²) in [5, 5.41) is 0. The molecule has 26 heavy (non-hydrogen) atoms. The van der Waals surface area contributed by atoms with Gasteiger partial charge in [-0.2, -0.15) is 0 Å². The topological polar surface area (TPSA) is 25.4 Å². The standard InChI is InChI=1S/C21H20N2O.C2H6/c1-13-7-8-19-18(12-13)23(17-6-5-9-22-21(17)24-19)20-15(3)10-14(2)11-16(20)4;1-2/h5-12H,1-4H3;1-2H3. The molecule has 0 saturated carbocycles. The Balaban J connectivity index is 0.000000948. The average molecular weight is 346 g/mol. The third kappa shape index (κ3) is 3.05. The molecule has 3 aromatic rings. The van der Waals surface area contributed by atoms with Gasteiger partial charge >= 0.3 is 0 Å². The van der Waals surface area contributed by atoms with Crippen LogP contribution in [0.4, 0.5) is 17.1 Å². The quantitative estimate of drug-likeness (QED) is 0.374. The molecule has 0 saturated heterocycles. The Kier molecular flexibility index (Phi) is 4.99. The molecule has 3 nitrogen and oxygen atoms in total. The van der Waals surface area contributed by atoms with Gasteiger partial charge in [-0.1, -0.05) is 37.6 Å². The van der Waals surface area contributed by atoms with Crippen molar-refractivity contribution >= 4 is 17.1 Å². The molecule has 1 aliphatic rings. The maximum Gasteiger partial charge on any atom is 0.243 e. The summed E-state index contributed by atoms with van der Waals surface area (Å²) in [6.07, 6.45) is 1.77. The SMILES string of the molecule is CC.Cc1cc(C)c(N2c3cc(C)ccc3Oc3ncccc32)c(C)c1. The van der Waals surface area contributed by atoms with Crippen molar-refractivity contribution in [3.63, 3.8) is 0 Å². The summed E-state index contributed by atoms with van der Waals surface area (Å²) in [5.41, 5.74) is 8.21. The van der Waals surface area contributed by atoms with Gasteiger partial charge in [-0.25, -0.2) is 4.98 Å². The minimum absolute atomic E-state index is 0.647. The highest BCUT2D eigenvalue weighted by Crippen LogP contribution is 2.51. The van der Waals surface area contributed by atoms with Gasteiger partial charge in [-0.3, -0.25) is 0 Å². The highest BCUT2D eigenvalue weighted by Gasteiger charge is 2.28. The van der Waals surface area contributed by atoms with Gasteiger partial charge in [0.15, 0.2) is 5.75 Å². The Bertz CT molecular complexity index is 924. The molecule has 0 amide bonds. The zero-order valence-electron chi connectivity index (χ0n) is 16.4. The first-order valence-electron chi connectivity index (χ1n) is 9.16. The predicted octanol–water partition coefficient (Wildman–Crippen LogP) is 6.92. The Morgan fingerprint density at radius 2 is 1.50 bits per heavy atom. The largest absolute Gasteiger partial charge is 0.435 e. The van der Waals surface area contributed by atoms with Gasteiger partial charge in [0.05, 0.1) is 11.4 Å². The van der Waals surface area contributed by atoms with Crippen molar-refractivity contribution in [1.82, 2.24) is 4.98 Å². The van der Waals surface area contributed by atoms with Crippen LogP contribution in [0, 0.1) is 27.7 Å². The average Bonchev–Trinajstić information content (AvgIpc) is 2.62. The molecular weight excluding hydrogens is 320 g/mol. The molecule has 3 heteroatoms. The van der Waals surface area contributed by atoms with E-state index in [2.05, 4.69) is 67.9 Å². The van der Waals surface area contributed by atoms with E-state index < -0.39 is 0 Å². The van der Waals surface area contributed by atoms with Gasteiger partial charge in [-0.05, 0) is 68.7 Å². The van der Waals surface area contributed by atoms with E-state index in [1.165, 1.54) is 27.9 Å². The van der Waals surface area contributed by atoms with Gasteiger partial charge in [0, 0.05) is 6.20 Å². The predicted molar refractivity (Wildman–Crippen MR) is 109 cm³/mol. The maximum absolute atomic E-state index is 6.03. The number of benzene rings is 2. The summed E-state index contributed by atoms with van der Waals surface area (Å²) in [6.45, 7) is 12.6. The van der Waals surface area contributed by atoms with E-state index >= 15 is 0 Å². The van der Waals surface area contributed by atoms with Crippen LogP contribution in [0.3, 0.4) is 0 Å². The summed E-state index contributed by atoms with van der Waals surface area (Å²) in [7, 11) is 0. The molecule has 0 spiro atoms. The van der Waals surface area contributed by atoms with Crippen LogP contribution in [-0.4, -0.2) is 4.98 Å². The monoisotopic (exact) mass is 346 g/mol. The van der Waals surface area contributed by atoms with Crippen molar-refractivity contribution in [1.29, 1.82) is 0 Å². The first-order valence-corrected chi connectivity index (χ1v) is 9.16. The summed E-state index contributed by atoms with van der Waals surface area (Å²) in [4.78, 5) is 6.71. The van der Waals surface area contributed by atoms with Gasteiger partial charge in [-0.15, -0.1) is 0 Å². The fourth-order valence-electron chi connectivity index (χ4n) is 3.52. The van der Waals surface area contributed by atoms with E-state index in [9.17, 15) is 0 Å². The fourth-order valence-corrected chi connectivity index (χ4v) is 3.52. The highest BCUT2D eigenvalue weighted by molar-refractivity contribution is 5.87. The van der Waals surface area contributed by atoms with Crippen LogP contribution in [0.5, 0.6) is 11.6 Å². The van der Waals surface area contributed by atoms with E-state index in [0.717, 1.165) is 17.1 Å². The molecule has 0 aliphatic carbocycles. The van der Waals surface area contributed by atoms with Crippen LogP contribution in [0.2, 0.25) is 0 Å². The highest BCUT2D eigenvalue weighted by atomic mass is 16.5. The number of ether oxygens (including phenoxy) is 1. The molecule has 4 rings (SSSR count). The molecule has 0 atom stereocenters. The van der Waals surface area contributed by atoms with Crippen molar-refractivity contribution < 1.29 is 4.74 Å². The van der Waals surface area contributed by atoms with Crippen LogP contribution >= 0.6 is 0 Å². The van der Waals surface area contributed by atoms with Gasteiger partial charge in [0.1, 0.15) is 5.69 Å². The Hall–Kier alpha value is -2.81. The third-order valence-corrected chi connectivity index (χ3v) is 4.41. The molecule has 0 bridgehead atoms. The molecule has 0 fully saturated rings. The number of hydrogen-bond acceptors (Lipinski definition) is 3. The molecule has 0 unspecified atom stereocenters. The van der Waals surface area contributed by atoms with Gasteiger partial charge < -0.3 is 9.64 Å². The second-order valence-corrected chi connectivity index (χ2v) is 6.48.